The van der Waals surface area contributed by atoms with E-state index >= 15 is 0 Å². The molecule has 156 valence electrons. The Morgan fingerprint density at radius 2 is 1.79 bits per heavy atom. The van der Waals surface area contributed by atoms with E-state index in [2.05, 4.69) is 9.47 Å². The number of aldehydes is 1. The number of halogens is 3. The number of nitrogens with zero attached hydrogens (tertiary/aromatic N) is 1. The summed E-state index contributed by atoms with van der Waals surface area (Å²) in [4.78, 5) is 41.9. The van der Waals surface area contributed by atoms with Gasteiger partial charge in [-0.1, -0.05) is 6.07 Å². The second kappa shape index (κ2) is 11.0. The molecule has 0 aromatic heterocycles. The van der Waals surface area contributed by atoms with E-state index in [1.165, 1.54) is 6.92 Å². The maximum Gasteiger partial charge on any atom is 0.416 e. The number of benzene rings is 1. The molecule has 0 radical (unpaired) electrons. The van der Waals surface area contributed by atoms with Crippen LogP contribution in [0.15, 0.2) is 24.3 Å². The predicted octanol–water partition coefficient (Wildman–Crippen LogP) is 2.05. The van der Waals surface area contributed by atoms with Gasteiger partial charge in [0.15, 0.2) is 6.29 Å². The second-order valence-corrected chi connectivity index (χ2v) is 5.05. The van der Waals surface area contributed by atoms with Crippen LogP contribution in [-0.2, 0) is 30.0 Å². The number of esters is 2. The molecule has 0 spiro atoms. The summed E-state index contributed by atoms with van der Waals surface area (Å²) in [5.74, 6) is -1.98. The first-order valence-corrected chi connectivity index (χ1v) is 7.74. The lowest BCUT2D eigenvalue weighted by atomic mass is 10.0. The Labute approximate surface area is 157 Å². The third kappa shape index (κ3) is 8.12. The fourth-order valence-electron chi connectivity index (χ4n) is 1.65. The third-order valence-corrected chi connectivity index (χ3v) is 2.93. The molecule has 0 saturated heterocycles. The van der Waals surface area contributed by atoms with Gasteiger partial charge >= 0.3 is 18.1 Å². The molecular weight excluding hydrogens is 391 g/mol. The maximum absolute atomic E-state index is 12.0. The molecule has 12 heteroatoms. The van der Waals surface area contributed by atoms with E-state index < -0.39 is 46.3 Å². The zero-order valence-corrected chi connectivity index (χ0v) is 14.9. The number of nitro benzene ring substituents is 1. The van der Waals surface area contributed by atoms with Gasteiger partial charge in [-0.25, -0.2) is 4.79 Å². The molecule has 1 rings (SSSR count). The predicted molar refractivity (Wildman–Crippen MR) is 87.0 cm³/mol. The molecular formula is C16H18F3NO8. The number of aliphatic hydroxyl groups is 1. The summed E-state index contributed by atoms with van der Waals surface area (Å²) in [6.07, 6.45) is -5.29. The fraction of sp³-hybridized carbons (Fsp3) is 0.438. The summed E-state index contributed by atoms with van der Waals surface area (Å²) >= 11 is 0. The van der Waals surface area contributed by atoms with Crippen molar-refractivity contribution in [1.29, 1.82) is 0 Å². The van der Waals surface area contributed by atoms with E-state index in [0.29, 0.717) is 6.07 Å². The van der Waals surface area contributed by atoms with Crippen molar-refractivity contribution in [2.45, 2.75) is 32.0 Å². The normalized spacial score (nSPS) is 12.6. The Hall–Kier alpha value is -3.02. The Bertz CT molecular complexity index is 707. The average Bonchev–Trinajstić information content (AvgIpc) is 2.62. The summed E-state index contributed by atoms with van der Waals surface area (Å²) in [5.41, 5.74) is -4.01. The zero-order valence-electron chi connectivity index (χ0n) is 14.9. The first-order chi connectivity index (χ1) is 12.9. The van der Waals surface area contributed by atoms with Crippen LogP contribution in [0, 0.1) is 10.1 Å². The Morgan fingerprint density at radius 1 is 1.21 bits per heavy atom. The minimum atomic E-state index is -4.54. The van der Waals surface area contributed by atoms with E-state index in [1.807, 2.05) is 0 Å². The highest BCUT2D eigenvalue weighted by atomic mass is 19.4. The molecule has 1 aromatic rings. The largest absolute Gasteiger partial charge is 0.466 e. The molecule has 0 amide bonds. The van der Waals surface area contributed by atoms with Crippen LogP contribution in [0.5, 0.6) is 0 Å². The first-order valence-electron chi connectivity index (χ1n) is 7.74. The van der Waals surface area contributed by atoms with Gasteiger partial charge in [-0.05, 0) is 19.9 Å². The Balaban J connectivity index is 0.000000525. The van der Waals surface area contributed by atoms with Crippen molar-refractivity contribution in [2.24, 2.45) is 0 Å². The van der Waals surface area contributed by atoms with Crippen molar-refractivity contribution in [3.63, 3.8) is 0 Å². The number of carbonyl (C=O) groups is 3. The van der Waals surface area contributed by atoms with Crippen LogP contribution >= 0.6 is 0 Å². The summed E-state index contributed by atoms with van der Waals surface area (Å²) in [6, 6.07) is 3.29. The first kappa shape index (κ1) is 25.0. The molecule has 0 aliphatic carbocycles. The number of carbonyl (C=O) groups excluding carboxylic acids is 3. The van der Waals surface area contributed by atoms with Crippen LogP contribution in [0.4, 0.5) is 18.9 Å². The maximum atomic E-state index is 12.0. The average molecular weight is 409 g/mol. The van der Waals surface area contributed by atoms with Crippen LogP contribution < -0.4 is 0 Å². The molecule has 0 heterocycles. The molecule has 9 nitrogen and oxygen atoms in total. The van der Waals surface area contributed by atoms with Crippen molar-refractivity contribution in [2.75, 3.05) is 13.2 Å². The van der Waals surface area contributed by atoms with Gasteiger partial charge in [-0.2, -0.15) is 13.2 Å². The highest BCUT2D eigenvalue weighted by Crippen LogP contribution is 2.30. The minimum Gasteiger partial charge on any atom is -0.466 e. The van der Waals surface area contributed by atoms with Gasteiger partial charge < -0.3 is 14.6 Å². The van der Waals surface area contributed by atoms with Gasteiger partial charge in [-0.15, -0.1) is 0 Å². The van der Waals surface area contributed by atoms with E-state index in [4.69, 9.17) is 0 Å². The zero-order chi connectivity index (χ0) is 22.0. The summed E-state index contributed by atoms with van der Waals surface area (Å²) in [7, 11) is 0. The van der Waals surface area contributed by atoms with Crippen molar-refractivity contribution >= 4 is 23.9 Å². The lowest BCUT2D eigenvalue weighted by molar-refractivity contribution is -0.385. The van der Waals surface area contributed by atoms with E-state index in [-0.39, 0.29) is 19.5 Å². The molecule has 0 aliphatic heterocycles. The van der Waals surface area contributed by atoms with Crippen molar-refractivity contribution in [3.05, 3.63) is 39.9 Å². The standard InChI is InChI=1S/C9H14O6.C7H4F3NO2/c1-3-14-7(11)5-9(13,6-10)8(12)15-4-2;8-7(9,10)5-2-1-3-6(4-5)11(12)13/h6,13H,3-5H2,1-2H3;1-4H. The molecule has 0 saturated carbocycles. The van der Waals surface area contributed by atoms with Crippen LogP contribution in [0.1, 0.15) is 25.8 Å². The Morgan fingerprint density at radius 3 is 2.21 bits per heavy atom. The molecule has 0 aliphatic rings. The van der Waals surface area contributed by atoms with Crippen molar-refractivity contribution in [3.8, 4) is 0 Å². The summed E-state index contributed by atoms with van der Waals surface area (Å²) < 4.78 is 45.0. The minimum absolute atomic E-state index is 0.0117. The molecule has 1 atom stereocenters. The van der Waals surface area contributed by atoms with Gasteiger partial charge in [-0.3, -0.25) is 19.7 Å². The number of alkyl halides is 3. The highest BCUT2D eigenvalue weighted by molar-refractivity contribution is 6.00. The number of non-ortho nitro benzene ring substituents is 1. The number of ether oxygens (including phenoxy) is 2. The molecule has 0 fully saturated rings. The molecule has 0 bridgehead atoms. The van der Waals surface area contributed by atoms with Crippen LogP contribution in [-0.4, -0.2) is 47.1 Å². The lowest BCUT2D eigenvalue weighted by Gasteiger charge is -2.17. The fourth-order valence-corrected chi connectivity index (χ4v) is 1.65. The highest BCUT2D eigenvalue weighted by Gasteiger charge is 2.40. The van der Waals surface area contributed by atoms with E-state index in [1.54, 1.807) is 6.92 Å². The van der Waals surface area contributed by atoms with Crippen LogP contribution in [0.3, 0.4) is 0 Å². The summed E-state index contributed by atoms with van der Waals surface area (Å²) in [5, 5.41) is 19.6. The van der Waals surface area contributed by atoms with Gasteiger partial charge in [0.05, 0.1) is 30.1 Å². The third-order valence-electron chi connectivity index (χ3n) is 2.93. The smallest absolute Gasteiger partial charge is 0.416 e. The van der Waals surface area contributed by atoms with Gasteiger partial charge in [0.25, 0.3) is 5.69 Å². The molecule has 1 N–H and O–H groups in total. The summed E-state index contributed by atoms with van der Waals surface area (Å²) in [6.45, 7) is 3.21. The van der Waals surface area contributed by atoms with Crippen molar-refractivity contribution < 1.29 is 47.1 Å². The van der Waals surface area contributed by atoms with E-state index in [9.17, 15) is 42.8 Å². The lowest BCUT2D eigenvalue weighted by Crippen LogP contribution is -2.44. The molecule has 1 unspecified atom stereocenters. The monoisotopic (exact) mass is 409 g/mol. The SMILES string of the molecule is CCOC(=O)CC(O)(C=O)C(=O)OCC.O=[N+]([O-])c1cccc(C(F)(F)F)c1. The topological polar surface area (TPSA) is 133 Å². The van der Waals surface area contributed by atoms with Gasteiger partial charge in [0.2, 0.25) is 5.60 Å². The molecule has 28 heavy (non-hydrogen) atoms. The van der Waals surface area contributed by atoms with Crippen LogP contribution in [0.2, 0.25) is 0 Å². The molecule has 1 aromatic carbocycles. The second-order valence-electron chi connectivity index (χ2n) is 5.05. The van der Waals surface area contributed by atoms with Gasteiger partial charge in [0, 0.05) is 12.1 Å². The number of rotatable bonds is 7. The van der Waals surface area contributed by atoms with Crippen molar-refractivity contribution in [1.82, 2.24) is 0 Å². The number of hydrogen-bond donors (Lipinski definition) is 1. The van der Waals surface area contributed by atoms with E-state index in [0.717, 1.165) is 18.2 Å². The van der Waals surface area contributed by atoms with Crippen LogP contribution in [0.25, 0.3) is 0 Å². The quantitative estimate of drug-likeness (QED) is 0.238. The van der Waals surface area contributed by atoms with Gasteiger partial charge in [0.1, 0.15) is 0 Å². The Kier molecular flexibility index (Phi) is 9.78. The number of hydrogen-bond acceptors (Lipinski definition) is 8. The number of nitro groups is 1.